The lowest BCUT2D eigenvalue weighted by atomic mass is 9.52. The normalized spacial score (nSPS) is 29.9. The highest BCUT2D eigenvalue weighted by atomic mass is 15.5. The van der Waals surface area contributed by atoms with Gasteiger partial charge in [-0.2, -0.15) is 0 Å². The molecule has 4 saturated carbocycles. The molecule has 0 amide bonds. The molecule has 1 aliphatic heterocycles. The van der Waals surface area contributed by atoms with Crippen LogP contribution in [0, 0.1) is 17.8 Å². The van der Waals surface area contributed by atoms with Gasteiger partial charge in [-0.05, 0) is 97.2 Å². The lowest BCUT2D eigenvalue weighted by molar-refractivity contribution is -0.0597. The average molecular weight is 524 g/mol. The van der Waals surface area contributed by atoms with E-state index in [-0.39, 0.29) is 11.6 Å². The smallest absolute Gasteiger partial charge is 0.207 e. The van der Waals surface area contributed by atoms with Crippen LogP contribution in [0.5, 0.6) is 0 Å². The van der Waals surface area contributed by atoms with E-state index in [0.717, 1.165) is 35.9 Å². The molecule has 1 atom stereocenters. The summed E-state index contributed by atoms with van der Waals surface area (Å²) in [6.45, 7) is 0.984. The Hall–Kier alpha value is -3.85. The van der Waals surface area contributed by atoms with Crippen LogP contribution < -0.4 is 4.90 Å². The van der Waals surface area contributed by atoms with Gasteiger partial charge in [0.1, 0.15) is 0 Å². The van der Waals surface area contributed by atoms with Gasteiger partial charge in [0, 0.05) is 17.8 Å². The first-order chi connectivity index (χ1) is 19.7. The Morgan fingerprint density at radius 3 is 1.70 bits per heavy atom. The number of guanidine groups is 1. The summed E-state index contributed by atoms with van der Waals surface area (Å²) < 4.78 is 0. The minimum absolute atomic E-state index is 0.211. The number of rotatable bonds is 5. The lowest BCUT2D eigenvalue weighted by Gasteiger charge is -2.60. The van der Waals surface area contributed by atoms with Crippen LogP contribution in [-0.4, -0.2) is 22.9 Å². The molecule has 0 spiro atoms. The summed E-state index contributed by atoms with van der Waals surface area (Å²) in [6, 6.07) is 41.8. The third-order valence-electron chi connectivity index (χ3n) is 10.1. The van der Waals surface area contributed by atoms with Crippen molar-refractivity contribution in [2.45, 2.75) is 50.1 Å². The lowest BCUT2D eigenvalue weighted by Crippen LogP contribution is -2.61. The number of benzene rings is 4. The molecular formula is C37H37N3. The van der Waals surface area contributed by atoms with Crippen LogP contribution in [-0.2, 0) is 0 Å². The van der Waals surface area contributed by atoms with Crippen LogP contribution in [0.25, 0.3) is 11.1 Å². The molecule has 40 heavy (non-hydrogen) atoms. The summed E-state index contributed by atoms with van der Waals surface area (Å²) in [7, 11) is 0. The first-order valence-corrected chi connectivity index (χ1v) is 15.2. The van der Waals surface area contributed by atoms with Gasteiger partial charge in [-0.15, -0.1) is 0 Å². The van der Waals surface area contributed by atoms with Crippen molar-refractivity contribution in [2.24, 2.45) is 22.7 Å². The third kappa shape index (κ3) is 4.15. The number of nitrogens with zero attached hydrogens (tertiary/aromatic N) is 3. The molecule has 3 nitrogen and oxygen atoms in total. The molecule has 1 saturated heterocycles. The van der Waals surface area contributed by atoms with Crippen LogP contribution in [0.2, 0.25) is 0 Å². The summed E-state index contributed by atoms with van der Waals surface area (Å²) in [4.78, 5) is 10.8. The molecule has 0 aromatic heterocycles. The zero-order chi connectivity index (χ0) is 26.5. The predicted molar refractivity (Wildman–Crippen MR) is 165 cm³/mol. The van der Waals surface area contributed by atoms with Gasteiger partial charge in [0.2, 0.25) is 5.96 Å². The van der Waals surface area contributed by atoms with Crippen molar-refractivity contribution < 1.29 is 0 Å². The number of para-hydroxylation sites is 2. The summed E-state index contributed by atoms with van der Waals surface area (Å²) >= 11 is 0. The highest BCUT2D eigenvalue weighted by Crippen LogP contribution is 2.59. The predicted octanol–water partition coefficient (Wildman–Crippen LogP) is 8.87. The zero-order valence-electron chi connectivity index (χ0n) is 23.1. The maximum absolute atomic E-state index is 5.46. The summed E-state index contributed by atoms with van der Waals surface area (Å²) in [5.74, 6) is 3.80. The molecule has 200 valence electrons. The summed E-state index contributed by atoms with van der Waals surface area (Å²) in [5, 5.41) is 0. The van der Waals surface area contributed by atoms with Crippen LogP contribution in [0.1, 0.15) is 50.1 Å². The number of aliphatic imine (C=N–C) groups is 1. The fourth-order valence-corrected chi connectivity index (χ4v) is 8.81. The van der Waals surface area contributed by atoms with Crippen LogP contribution in [0.4, 0.5) is 11.4 Å². The number of hydrogen-bond donors (Lipinski definition) is 0. The largest absolute Gasteiger partial charge is 0.334 e. The second-order valence-corrected chi connectivity index (χ2v) is 12.7. The van der Waals surface area contributed by atoms with Crippen LogP contribution in [0.15, 0.2) is 120 Å². The Labute approximate surface area is 238 Å². The number of hydrogen-bond acceptors (Lipinski definition) is 1. The van der Waals surface area contributed by atoms with Gasteiger partial charge in [-0.3, -0.25) is 0 Å². The molecule has 4 bridgehead atoms. The van der Waals surface area contributed by atoms with Gasteiger partial charge in [0.15, 0.2) is 0 Å². The topological polar surface area (TPSA) is 18.8 Å². The molecule has 0 unspecified atom stereocenters. The molecule has 5 fully saturated rings. The Morgan fingerprint density at radius 2 is 1.10 bits per heavy atom. The standard InChI is InChI=1S/C37H37N3/c1-4-10-30(11-5-1)31-16-18-32(19-17-31)35-26-39(37-23-27-20-28(24-37)22-29(21-27)25-37)36(38-33-12-6-2-7-13-33)40(35)34-14-8-3-9-15-34/h1-19,27-29,35H,20-26H2/t27?,28?,29?,35-,37?/m1/s1. The van der Waals surface area contributed by atoms with Crippen LogP contribution in [0.3, 0.4) is 0 Å². The van der Waals surface area contributed by atoms with Crippen molar-refractivity contribution >= 4 is 17.3 Å². The Balaban J connectivity index is 1.25. The molecule has 4 aromatic carbocycles. The van der Waals surface area contributed by atoms with Crippen molar-refractivity contribution in [3.05, 3.63) is 121 Å². The van der Waals surface area contributed by atoms with Crippen molar-refractivity contribution in [1.29, 1.82) is 0 Å². The number of anilines is 1. The summed E-state index contributed by atoms with van der Waals surface area (Å²) in [6.07, 6.45) is 8.33. The van der Waals surface area contributed by atoms with Crippen molar-refractivity contribution in [3.63, 3.8) is 0 Å². The second kappa shape index (κ2) is 9.66. The minimum atomic E-state index is 0.211. The minimum Gasteiger partial charge on any atom is -0.334 e. The zero-order valence-corrected chi connectivity index (χ0v) is 23.1. The Bertz CT molecular complexity index is 1460. The van der Waals surface area contributed by atoms with Gasteiger partial charge in [-0.25, -0.2) is 4.99 Å². The Morgan fingerprint density at radius 1 is 0.575 bits per heavy atom. The van der Waals surface area contributed by atoms with Crippen molar-refractivity contribution in [2.75, 3.05) is 11.4 Å². The SMILES string of the molecule is c1ccc(N=C2N(c3ccccc3)[C@@H](c3ccc(-c4ccccc4)cc3)CN2C23CC4CC(CC(C4)C2)C3)cc1. The van der Waals surface area contributed by atoms with E-state index in [9.17, 15) is 0 Å². The molecule has 0 radical (unpaired) electrons. The van der Waals surface area contributed by atoms with E-state index in [1.54, 1.807) is 0 Å². The quantitative estimate of drug-likeness (QED) is 0.260. The maximum atomic E-state index is 5.46. The molecule has 4 aliphatic carbocycles. The molecule has 0 N–H and O–H groups in total. The van der Waals surface area contributed by atoms with E-state index in [0.29, 0.717) is 0 Å². The van der Waals surface area contributed by atoms with Gasteiger partial charge in [0.25, 0.3) is 0 Å². The molecule has 3 heteroatoms. The summed E-state index contributed by atoms with van der Waals surface area (Å²) in [5.41, 5.74) is 6.38. The van der Waals surface area contributed by atoms with E-state index in [2.05, 4.69) is 125 Å². The first-order valence-electron chi connectivity index (χ1n) is 15.2. The maximum Gasteiger partial charge on any atom is 0.207 e. The van der Waals surface area contributed by atoms with Gasteiger partial charge in [0.05, 0.1) is 11.7 Å². The second-order valence-electron chi connectivity index (χ2n) is 12.7. The van der Waals surface area contributed by atoms with Gasteiger partial charge >= 0.3 is 0 Å². The van der Waals surface area contributed by atoms with Crippen molar-refractivity contribution in [3.8, 4) is 11.1 Å². The molecular weight excluding hydrogens is 486 g/mol. The van der Waals surface area contributed by atoms with E-state index in [4.69, 9.17) is 4.99 Å². The Kier molecular flexibility index (Phi) is 5.79. The van der Waals surface area contributed by atoms with E-state index >= 15 is 0 Å². The van der Waals surface area contributed by atoms with E-state index < -0.39 is 0 Å². The fourth-order valence-electron chi connectivity index (χ4n) is 8.81. The monoisotopic (exact) mass is 523 g/mol. The van der Waals surface area contributed by atoms with Crippen molar-refractivity contribution in [1.82, 2.24) is 4.90 Å². The van der Waals surface area contributed by atoms with Crippen LogP contribution >= 0.6 is 0 Å². The molecule has 5 aliphatic rings. The molecule has 4 aromatic rings. The van der Waals surface area contributed by atoms with Gasteiger partial charge < -0.3 is 9.80 Å². The average Bonchev–Trinajstić information content (AvgIpc) is 3.38. The third-order valence-corrected chi connectivity index (χ3v) is 10.1. The molecule has 1 heterocycles. The fraction of sp³-hybridized carbons (Fsp3) is 0.324. The highest BCUT2D eigenvalue weighted by molar-refractivity contribution is 6.01. The first kappa shape index (κ1) is 24.0. The van der Waals surface area contributed by atoms with E-state index in [1.165, 1.54) is 60.9 Å². The van der Waals surface area contributed by atoms with Gasteiger partial charge in [-0.1, -0.05) is 91.0 Å². The van der Waals surface area contributed by atoms with E-state index in [1.807, 2.05) is 0 Å². The molecule has 9 rings (SSSR count). The highest BCUT2D eigenvalue weighted by Gasteiger charge is 2.57.